The van der Waals surface area contributed by atoms with Gasteiger partial charge < -0.3 is 4.74 Å². The second kappa shape index (κ2) is 6.39. The van der Waals surface area contributed by atoms with Gasteiger partial charge in [0, 0.05) is 0 Å². The van der Waals surface area contributed by atoms with Crippen LogP contribution in [0, 0.1) is 0 Å². The fourth-order valence-corrected chi connectivity index (χ4v) is 1.77. The third-order valence-electron chi connectivity index (χ3n) is 2.67. The van der Waals surface area contributed by atoms with Crippen molar-refractivity contribution < 1.29 is 9.53 Å². The van der Waals surface area contributed by atoms with E-state index in [0.29, 0.717) is 5.56 Å². The average Bonchev–Trinajstić information content (AvgIpc) is 2.46. The molecular formula is C16H15ClO2. The quantitative estimate of drug-likeness (QED) is 0.619. The van der Waals surface area contributed by atoms with Crippen LogP contribution in [-0.2, 0) is 4.74 Å². The van der Waals surface area contributed by atoms with Crippen molar-refractivity contribution in [3.63, 3.8) is 0 Å². The number of hydrogen-bond donors (Lipinski definition) is 0. The first-order valence-electron chi connectivity index (χ1n) is 6.13. The van der Waals surface area contributed by atoms with Crippen LogP contribution in [0.4, 0.5) is 0 Å². The number of carbonyl (C=O) groups is 1. The highest BCUT2D eigenvalue weighted by molar-refractivity contribution is 6.20. The predicted octanol–water partition coefficient (Wildman–Crippen LogP) is 4.14. The molecule has 0 aliphatic heterocycles. The molecule has 0 heterocycles. The Kier molecular flexibility index (Phi) is 4.58. The van der Waals surface area contributed by atoms with Crippen molar-refractivity contribution >= 4 is 17.6 Å². The molecule has 98 valence electrons. The van der Waals surface area contributed by atoms with Crippen molar-refractivity contribution in [3.05, 3.63) is 60.2 Å². The molecular weight excluding hydrogens is 260 g/mol. The minimum absolute atomic E-state index is 0.174. The Morgan fingerprint density at radius 1 is 1.05 bits per heavy atom. The Hall–Kier alpha value is -1.80. The SMILES string of the molecule is CC(Cl)COC(=O)c1ccc(-c2ccccc2)cc1. The van der Waals surface area contributed by atoms with Crippen molar-refractivity contribution in [1.82, 2.24) is 0 Å². The second-order valence-corrected chi connectivity index (χ2v) is 5.07. The largest absolute Gasteiger partial charge is 0.461 e. The molecule has 19 heavy (non-hydrogen) atoms. The molecule has 1 atom stereocenters. The van der Waals surface area contributed by atoms with Gasteiger partial charge in [-0.2, -0.15) is 0 Å². The van der Waals surface area contributed by atoms with Crippen molar-refractivity contribution in [2.24, 2.45) is 0 Å². The van der Waals surface area contributed by atoms with Gasteiger partial charge in [-0.25, -0.2) is 4.79 Å². The second-order valence-electron chi connectivity index (χ2n) is 4.32. The lowest BCUT2D eigenvalue weighted by atomic mass is 10.0. The molecule has 2 aromatic rings. The Bertz CT molecular complexity index is 532. The Balaban J connectivity index is 2.08. The van der Waals surface area contributed by atoms with Crippen LogP contribution in [0.1, 0.15) is 17.3 Å². The van der Waals surface area contributed by atoms with E-state index in [4.69, 9.17) is 16.3 Å². The first-order valence-corrected chi connectivity index (χ1v) is 6.57. The molecule has 0 saturated heterocycles. The smallest absolute Gasteiger partial charge is 0.338 e. The van der Waals surface area contributed by atoms with Gasteiger partial charge in [0.2, 0.25) is 0 Å². The molecule has 0 bridgehead atoms. The fraction of sp³-hybridized carbons (Fsp3) is 0.188. The topological polar surface area (TPSA) is 26.3 Å². The normalized spacial score (nSPS) is 11.9. The van der Waals surface area contributed by atoms with Gasteiger partial charge in [-0.3, -0.25) is 0 Å². The molecule has 1 unspecified atom stereocenters. The maximum absolute atomic E-state index is 11.7. The number of hydrogen-bond acceptors (Lipinski definition) is 2. The first kappa shape index (κ1) is 13.6. The Morgan fingerprint density at radius 2 is 1.63 bits per heavy atom. The van der Waals surface area contributed by atoms with Crippen molar-refractivity contribution in [1.29, 1.82) is 0 Å². The standard InChI is InChI=1S/C16H15ClO2/c1-12(17)11-19-16(18)15-9-7-14(8-10-15)13-5-3-2-4-6-13/h2-10,12H,11H2,1H3. The van der Waals surface area contributed by atoms with E-state index >= 15 is 0 Å². The number of halogens is 1. The third-order valence-corrected chi connectivity index (χ3v) is 2.80. The van der Waals surface area contributed by atoms with Crippen LogP contribution in [0.3, 0.4) is 0 Å². The Labute approximate surface area is 118 Å². The van der Waals surface area contributed by atoms with Crippen LogP contribution in [-0.4, -0.2) is 18.0 Å². The summed E-state index contributed by atoms with van der Waals surface area (Å²) in [5.74, 6) is -0.341. The number of esters is 1. The maximum Gasteiger partial charge on any atom is 0.338 e. The number of rotatable bonds is 4. The summed E-state index contributed by atoms with van der Waals surface area (Å²) in [7, 11) is 0. The van der Waals surface area contributed by atoms with E-state index in [1.807, 2.05) is 42.5 Å². The summed E-state index contributed by atoms with van der Waals surface area (Å²) in [5, 5.41) is -0.174. The van der Waals surface area contributed by atoms with E-state index in [1.165, 1.54) is 0 Å². The Morgan fingerprint density at radius 3 is 2.21 bits per heavy atom. The first-order chi connectivity index (χ1) is 9.16. The molecule has 0 spiro atoms. The lowest BCUT2D eigenvalue weighted by Crippen LogP contribution is -2.11. The van der Waals surface area contributed by atoms with Gasteiger partial charge in [-0.15, -0.1) is 11.6 Å². The molecule has 0 aromatic heterocycles. The van der Waals surface area contributed by atoms with Crippen molar-refractivity contribution in [2.45, 2.75) is 12.3 Å². The zero-order valence-corrected chi connectivity index (χ0v) is 11.4. The van der Waals surface area contributed by atoms with E-state index in [0.717, 1.165) is 11.1 Å². The highest BCUT2D eigenvalue weighted by atomic mass is 35.5. The summed E-state index contributed by atoms with van der Waals surface area (Å²) in [4.78, 5) is 11.7. The number of benzene rings is 2. The highest BCUT2D eigenvalue weighted by Gasteiger charge is 2.08. The molecule has 0 aliphatic rings. The lowest BCUT2D eigenvalue weighted by Gasteiger charge is -2.07. The van der Waals surface area contributed by atoms with E-state index in [-0.39, 0.29) is 18.0 Å². The zero-order chi connectivity index (χ0) is 13.7. The van der Waals surface area contributed by atoms with Crippen molar-refractivity contribution in [2.75, 3.05) is 6.61 Å². The van der Waals surface area contributed by atoms with Crippen LogP contribution < -0.4 is 0 Å². The van der Waals surface area contributed by atoms with Crippen LogP contribution in [0.5, 0.6) is 0 Å². The van der Waals surface area contributed by atoms with E-state index < -0.39 is 0 Å². The highest BCUT2D eigenvalue weighted by Crippen LogP contribution is 2.19. The summed E-state index contributed by atoms with van der Waals surface area (Å²) in [5.41, 5.74) is 2.73. The fourth-order valence-electron chi connectivity index (χ4n) is 1.70. The van der Waals surface area contributed by atoms with Gasteiger partial charge in [0.05, 0.1) is 10.9 Å². The van der Waals surface area contributed by atoms with Crippen LogP contribution >= 0.6 is 11.6 Å². The van der Waals surface area contributed by atoms with Crippen molar-refractivity contribution in [3.8, 4) is 11.1 Å². The lowest BCUT2D eigenvalue weighted by molar-refractivity contribution is 0.0508. The molecule has 0 N–H and O–H groups in total. The summed E-state index contributed by atoms with van der Waals surface area (Å²) < 4.78 is 5.06. The van der Waals surface area contributed by atoms with Gasteiger partial charge in [0.1, 0.15) is 6.61 Å². The number of ether oxygens (including phenoxy) is 1. The molecule has 0 saturated carbocycles. The van der Waals surface area contributed by atoms with Gasteiger partial charge in [-0.1, -0.05) is 42.5 Å². The predicted molar refractivity (Wildman–Crippen MR) is 77.5 cm³/mol. The molecule has 0 radical (unpaired) electrons. The van der Waals surface area contributed by atoms with Crippen LogP contribution in [0.25, 0.3) is 11.1 Å². The average molecular weight is 275 g/mol. The summed E-state index contributed by atoms with van der Waals surface area (Å²) in [6, 6.07) is 17.4. The molecule has 2 nitrogen and oxygen atoms in total. The minimum Gasteiger partial charge on any atom is -0.461 e. The summed E-state index contributed by atoms with van der Waals surface area (Å²) in [6.07, 6.45) is 0. The minimum atomic E-state index is -0.341. The summed E-state index contributed by atoms with van der Waals surface area (Å²) >= 11 is 5.74. The molecule has 0 aliphatic carbocycles. The van der Waals surface area contributed by atoms with Gasteiger partial charge in [-0.05, 0) is 30.2 Å². The summed E-state index contributed by atoms with van der Waals surface area (Å²) in [6.45, 7) is 2.01. The molecule has 2 aromatic carbocycles. The van der Waals surface area contributed by atoms with Gasteiger partial charge in [0.15, 0.2) is 0 Å². The van der Waals surface area contributed by atoms with Crippen LogP contribution in [0.15, 0.2) is 54.6 Å². The van der Waals surface area contributed by atoms with E-state index in [1.54, 1.807) is 19.1 Å². The third kappa shape index (κ3) is 3.83. The van der Waals surface area contributed by atoms with E-state index in [2.05, 4.69) is 0 Å². The zero-order valence-electron chi connectivity index (χ0n) is 10.7. The molecule has 0 fully saturated rings. The molecule has 0 amide bonds. The van der Waals surface area contributed by atoms with Gasteiger partial charge >= 0.3 is 5.97 Å². The molecule has 2 rings (SSSR count). The monoisotopic (exact) mass is 274 g/mol. The van der Waals surface area contributed by atoms with Gasteiger partial charge in [0.25, 0.3) is 0 Å². The molecule has 3 heteroatoms. The maximum atomic E-state index is 11.7. The number of carbonyl (C=O) groups excluding carboxylic acids is 1. The van der Waals surface area contributed by atoms with E-state index in [9.17, 15) is 4.79 Å². The number of alkyl halides is 1. The van der Waals surface area contributed by atoms with Crippen LogP contribution in [0.2, 0.25) is 0 Å².